The molecular weight excluding hydrogens is 272 g/mol. The lowest BCUT2D eigenvalue weighted by Gasteiger charge is -2.13. The summed E-state index contributed by atoms with van der Waals surface area (Å²) in [7, 11) is 0. The Bertz CT molecular complexity index is 698. The number of aromatic nitrogens is 4. The maximum atomic E-state index is 12.5. The molecule has 0 spiro atoms. The van der Waals surface area contributed by atoms with E-state index in [2.05, 4.69) is 24.0 Å². The van der Waals surface area contributed by atoms with Gasteiger partial charge in [0.15, 0.2) is 10.6 Å². The van der Waals surface area contributed by atoms with Crippen molar-refractivity contribution in [2.75, 3.05) is 0 Å². The molecule has 0 saturated carbocycles. The molecule has 1 N–H and O–H groups in total. The average Bonchev–Trinajstić information content (AvgIpc) is 2.82. The number of pyridine rings is 1. The van der Waals surface area contributed by atoms with Gasteiger partial charge < -0.3 is 4.57 Å². The zero-order valence-electron chi connectivity index (χ0n) is 12.1. The molecule has 0 aliphatic carbocycles. The summed E-state index contributed by atoms with van der Waals surface area (Å²) < 4.78 is 4.19. The van der Waals surface area contributed by atoms with Gasteiger partial charge in [-0.15, -0.1) is 0 Å². The summed E-state index contributed by atoms with van der Waals surface area (Å²) in [5.41, 5.74) is 0.571. The first-order valence-electron chi connectivity index (χ1n) is 6.96. The standard InChI is InChI=1S/C14H20N4OS/c1-4-8-17-9-6-7-11(13(17)19)12-15-16-14(20)18(12)10(3)5-2/h6-7,9-10H,4-5,8H2,1-3H3,(H,16,20). The Morgan fingerprint density at radius 2 is 2.20 bits per heavy atom. The number of hydrogen-bond donors (Lipinski definition) is 1. The molecule has 2 aromatic rings. The minimum absolute atomic E-state index is 0.0205. The average molecular weight is 292 g/mol. The van der Waals surface area contributed by atoms with Crippen molar-refractivity contribution in [1.82, 2.24) is 19.3 Å². The minimum Gasteiger partial charge on any atom is -0.315 e. The van der Waals surface area contributed by atoms with Crippen LogP contribution in [0.4, 0.5) is 0 Å². The Morgan fingerprint density at radius 3 is 2.85 bits per heavy atom. The third-order valence-corrected chi connectivity index (χ3v) is 3.75. The molecule has 20 heavy (non-hydrogen) atoms. The molecule has 1 unspecified atom stereocenters. The van der Waals surface area contributed by atoms with Crippen LogP contribution in [0.1, 0.15) is 39.7 Å². The molecular formula is C14H20N4OS. The van der Waals surface area contributed by atoms with E-state index in [0.717, 1.165) is 12.8 Å². The smallest absolute Gasteiger partial charge is 0.261 e. The van der Waals surface area contributed by atoms with Crippen LogP contribution in [-0.2, 0) is 6.54 Å². The SMILES string of the molecule is CCCn1cccc(-c2n[nH]c(=S)n2C(C)CC)c1=O. The number of nitrogens with zero attached hydrogens (tertiary/aromatic N) is 3. The molecule has 2 aromatic heterocycles. The van der Waals surface area contributed by atoms with Gasteiger partial charge in [-0.05, 0) is 44.1 Å². The number of rotatable bonds is 5. The predicted molar refractivity (Wildman–Crippen MR) is 82.4 cm³/mol. The maximum absolute atomic E-state index is 12.5. The number of aryl methyl sites for hydroxylation is 1. The van der Waals surface area contributed by atoms with Crippen molar-refractivity contribution < 1.29 is 0 Å². The third-order valence-electron chi connectivity index (χ3n) is 3.46. The summed E-state index contributed by atoms with van der Waals surface area (Å²) in [6.45, 7) is 6.92. The fourth-order valence-corrected chi connectivity index (χ4v) is 2.52. The summed E-state index contributed by atoms with van der Waals surface area (Å²) in [5, 5.41) is 7.05. The van der Waals surface area contributed by atoms with Crippen molar-refractivity contribution in [2.45, 2.75) is 46.2 Å². The topological polar surface area (TPSA) is 55.6 Å². The Balaban J connectivity index is 2.61. The first-order valence-corrected chi connectivity index (χ1v) is 7.37. The zero-order valence-corrected chi connectivity index (χ0v) is 12.9. The van der Waals surface area contributed by atoms with Crippen molar-refractivity contribution in [3.63, 3.8) is 0 Å². The highest BCUT2D eigenvalue weighted by atomic mass is 32.1. The van der Waals surface area contributed by atoms with Gasteiger partial charge >= 0.3 is 0 Å². The molecule has 0 aliphatic rings. The second-order valence-corrected chi connectivity index (χ2v) is 5.29. The highest BCUT2D eigenvalue weighted by Crippen LogP contribution is 2.20. The lowest BCUT2D eigenvalue weighted by Crippen LogP contribution is -2.22. The van der Waals surface area contributed by atoms with Gasteiger partial charge in [-0.1, -0.05) is 13.8 Å². The Hall–Kier alpha value is -1.69. The van der Waals surface area contributed by atoms with Crippen LogP contribution in [0.25, 0.3) is 11.4 Å². The number of hydrogen-bond acceptors (Lipinski definition) is 3. The summed E-state index contributed by atoms with van der Waals surface area (Å²) in [6.07, 6.45) is 3.66. The Labute approximate surface area is 123 Å². The van der Waals surface area contributed by atoms with E-state index in [-0.39, 0.29) is 11.6 Å². The van der Waals surface area contributed by atoms with E-state index >= 15 is 0 Å². The van der Waals surface area contributed by atoms with Gasteiger partial charge in [-0.2, -0.15) is 5.10 Å². The van der Waals surface area contributed by atoms with Crippen LogP contribution in [0, 0.1) is 4.77 Å². The fourth-order valence-electron chi connectivity index (χ4n) is 2.21. The van der Waals surface area contributed by atoms with E-state index in [0.29, 0.717) is 22.7 Å². The predicted octanol–water partition coefficient (Wildman–Crippen LogP) is 3.15. The van der Waals surface area contributed by atoms with E-state index < -0.39 is 0 Å². The van der Waals surface area contributed by atoms with E-state index in [9.17, 15) is 4.79 Å². The first-order chi connectivity index (χ1) is 9.60. The highest BCUT2D eigenvalue weighted by Gasteiger charge is 2.16. The van der Waals surface area contributed by atoms with E-state index in [1.54, 1.807) is 10.6 Å². The molecule has 108 valence electrons. The summed E-state index contributed by atoms with van der Waals surface area (Å²) in [5.74, 6) is 0.625. The van der Waals surface area contributed by atoms with Gasteiger partial charge in [-0.25, -0.2) is 0 Å². The molecule has 0 bridgehead atoms. The van der Waals surface area contributed by atoms with Gasteiger partial charge in [0.2, 0.25) is 0 Å². The van der Waals surface area contributed by atoms with Crippen LogP contribution in [0.3, 0.4) is 0 Å². The molecule has 0 aromatic carbocycles. The van der Waals surface area contributed by atoms with Crippen molar-refractivity contribution in [2.24, 2.45) is 0 Å². The normalized spacial score (nSPS) is 12.6. The molecule has 2 heterocycles. The largest absolute Gasteiger partial charge is 0.315 e. The van der Waals surface area contributed by atoms with Gasteiger partial charge in [0.05, 0.1) is 5.56 Å². The van der Waals surface area contributed by atoms with Crippen molar-refractivity contribution in [3.05, 3.63) is 33.5 Å². The first kappa shape index (κ1) is 14.7. The van der Waals surface area contributed by atoms with Crippen molar-refractivity contribution in [1.29, 1.82) is 0 Å². The molecule has 2 rings (SSSR count). The third kappa shape index (κ3) is 2.60. The number of nitrogens with one attached hydrogen (secondary N) is 1. The molecule has 0 radical (unpaired) electrons. The van der Waals surface area contributed by atoms with Crippen LogP contribution in [0.5, 0.6) is 0 Å². The molecule has 0 aliphatic heterocycles. The Morgan fingerprint density at radius 1 is 1.45 bits per heavy atom. The van der Waals surface area contributed by atoms with Crippen LogP contribution >= 0.6 is 12.2 Å². The van der Waals surface area contributed by atoms with Gasteiger partial charge in [0.1, 0.15) is 0 Å². The highest BCUT2D eigenvalue weighted by molar-refractivity contribution is 7.71. The van der Waals surface area contributed by atoms with E-state index in [1.807, 2.05) is 23.8 Å². The number of H-pyrrole nitrogens is 1. The quantitative estimate of drug-likeness (QED) is 0.861. The lowest BCUT2D eigenvalue weighted by atomic mass is 10.2. The van der Waals surface area contributed by atoms with Gasteiger partial charge in [-0.3, -0.25) is 14.5 Å². The molecule has 0 fully saturated rings. The second kappa shape index (κ2) is 6.17. The number of aromatic amines is 1. The van der Waals surface area contributed by atoms with Crippen LogP contribution in [0.15, 0.2) is 23.1 Å². The zero-order chi connectivity index (χ0) is 14.7. The van der Waals surface area contributed by atoms with Gasteiger partial charge in [0, 0.05) is 18.8 Å². The summed E-state index contributed by atoms with van der Waals surface area (Å²) >= 11 is 5.28. The summed E-state index contributed by atoms with van der Waals surface area (Å²) in [4.78, 5) is 12.5. The van der Waals surface area contributed by atoms with E-state index in [1.165, 1.54) is 0 Å². The molecule has 0 saturated heterocycles. The van der Waals surface area contributed by atoms with Crippen LogP contribution in [0.2, 0.25) is 0 Å². The maximum Gasteiger partial charge on any atom is 0.261 e. The van der Waals surface area contributed by atoms with Crippen molar-refractivity contribution >= 4 is 12.2 Å². The lowest BCUT2D eigenvalue weighted by molar-refractivity contribution is 0.528. The van der Waals surface area contributed by atoms with Crippen molar-refractivity contribution in [3.8, 4) is 11.4 Å². The summed E-state index contributed by atoms with van der Waals surface area (Å²) in [6, 6.07) is 3.89. The van der Waals surface area contributed by atoms with Crippen LogP contribution < -0.4 is 5.56 Å². The van der Waals surface area contributed by atoms with Gasteiger partial charge in [0.25, 0.3) is 5.56 Å². The molecule has 6 heteroatoms. The monoisotopic (exact) mass is 292 g/mol. The fraction of sp³-hybridized carbons (Fsp3) is 0.500. The molecule has 5 nitrogen and oxygen atoms in total. The molecule has 1 atom stereocenters. The van der Waals surface area contributed by atoms with E-state index in [4.69, 9.17) is 12.2 Å². The van der Waals surface area contributed by atoms with Crippen LogP contribution in [-0.4, -0.2) is 19.3 Å². The second-order valence-electron chi connectivity index (χ2n) is 4.90. The minimum atomic E-state index is -0.0205. The molecule has 0 amide bonds. The Kier molecular flexibility index (Phi) is 4.54.